The van der Waals surface area contributed by atoms with Crippen LogP contribution >= 0.6 is 11.6 Å². The van der Waals surface area contributed by atoms with Crippen LogP contribution in [-0.4, -0.2) is 31.4 Å². The highest BCUT2D eigenvalue weighted by molar-refractivity contribution is 7.82. The number of nitrogens with zero attached hydrogens (tertiary/aromatic N) is 3. The van der Waals surface area contributed by atoms with Crippen LogP contribution in [0.1, 0.15) is 26.7 Å². The lowest BCUT2D eigenvalue weighted by molar-refractivity contribution is 0.442. The van der Waals surface area contributed by atoms with E-state index in [9.17, 15) is 4.21 Å². The molecular formula is C14H20ClN3OS. The van der Waals surface area contributed by atoms with Gasteiger partial charge in [-0.2, -0.15) is 5.10 Å². The van der Waals surface area contributed by atoms with Crippen molar-refractivity contribution in [1.29, 1.82) is 0 Å². The summed E-state index contributed by atoms with van der Waals surface area (Å²) < 4.78 is 16.4. The zero-order valence-electron chi connectivity index (χ0n) is 12.1. The maximum absolute atomic E-state index is 12.7. The topological polar surface area (TPSA) is 38.1 Å². The monoisotopic (exact) mass is 313 g/mol. The Kier molecular flexibility index (Phi) is 5.18. The van der Waals surface area contributed by atoms with Gasteiger partial charge in [0.2, 0.25) is 0 Å². The van der Waals surface area contributed by atoms with Crippen LogP contribution in [0.15, 0.2) is 23.1 Å². The van der Waals surface area contributed by atoms with Crippen molar-refractivity contribution in [3.05, 3.63) is 23.4 Å². The van der Waals surface area contributed by atoms with E-state index in [0.29, 0.717) is 5.15 Å². The van der Waals surface area contributed by atoms with E-state index in [0.717, 1.165) is 41.7 Å². The highest BCUT2D eigenvalue weighted by Gasteiger charge is 2.16. The third-order valence-electron chi connectivity index (χ3n) is 3.16. The van der Waals surface area contributed by atoms with Crippen LogP contribution in [0.2, 0.25) is 5.15 Å². The molecule has 0 saturated carbocycles. The normalized spacial score (nSPS) is 13.2. The summed E-state index contributed by atoms with van der Waals surface area (Å²) in [5.74, 6) is 0. The molecule has 0 fully saturated rings. The summed E-state index contributed by atoms with van der Waals surface area (Å²) >= 11 is 6.11. The van der Waals surface area contributed by atoms with E-state index < -0.39 is 11.0 Å². The van der Waals surface area contributed by atoms with E-state index in [-0.39, 0.29) is 0 Å². The number of rotatable bonds is 6. The molecule has 1 heterocycles. The average Bonchev–Trinajstić information content (AvgIpc) is 2.72. The number of hydrogen-bond donors (Lipinski definition) is 0. The standard InChI is InChI=1S/C14H20ClN3OS/c1-4-8-18(9-5-2)20(19)11-6-7-13-12(10-11)14(15)16-17(13)3/h6-7,10H,4-5,8-9H2,1-3H3. The Bertz CT molecular complexity index is 620. The summed E-state index contributed by atoms with van der Waals surface area (Å²) in [5, 5.41) is 5.49. The molecule has 0 aliphatic carbocycles. The van der Waals surface area contributed by atoms with Crippen LogP contribution in [0.3, 0.4) is 0 Å². The SMILES string of the molecule is CCCN(CCC)S(=O)c1ccc2c(c1)c(Cl)nn2C. The van der Waals surface area contributed by atoms with Crippen LogP contribution in [0.25, 0.3) is 10.9 Å². The maximum Gasteiger partial charge on any atom is 0.158 e. The van der Waals surface area contributed by atoms with Crippen molar-refractivity contribution in [2.45, 2.75) is 31.6 Å². The molecule has 6 heteroatoms. The zero-order chi connectivity index (χ0) is 14.7. The summed E-state index contributed by atoms with van der Waals surface area (Å²) in [6, 6.07) is 5.71. The van der Waals surface area contributed by atoms with Crippen LogP contribution in [0, 0.1) is 0 Å². The van der Waals surface area contributed by atoms with Crippen molar-refractivity contribution >= 4 is 33.5 Å². The van der Waals surface area contributed by atoms with Gasteiger partial charge in [0, 0.05) is 25.5 Å². The molecule has 110 valence electrons. The van der Waals surface area contributed by atoms with Crippen LogP contribution in [-0.2, 0) is 18.0 Å². The van der Waals surface area contributed by atoms with Gasteiger partial charge in [0.1, 0.15) is 11.0 Å². The van der Waals surface area contributed by atoms with Gasteiger partial charge in [-0.3, -0.25) is 4.68 Å². The molecule has 1 unspecified atom stereocenters. The molecule has 0 saturated heterocycles. The van der Waals surface area contributed by atoms with Gasteiger partial charge < -0.3 is 0 Å². The first kappa shape index (κ1) is 15.5. The molecule has 1 aromatic heterocycles. The van der Waals surface area contributed by atoms with E-state index >= 15 is 0 Å². The van der Waals surface area contributed by atoms with Crippen molar-refractivity contribution in [3.8, 4) is 0 Å². The predicted octanol–water partition coefficient (Wildman–Crippen LogP) is 3.37. The first-order valence-corrected chi connectivity index (χ1v) is 8.36. The number of hydrogen-bond acceptors (Lipinski definition) is 2. The second-order valence-electron chi connectivity index (χ2n) is 4.77. The van der Waals surface area contributed by atoms with Crippen molar-refractivity contribution < 1.29 is 4.21 Å². The zero-order valence-corrected chi connectivity index (χ0v) is 13.7. The van der Waals surface area contributed by atoms with Crippen LogP contribution in [0.5, 0.6) is 0 Å². The molecule has 2 aromatic rings. The molecule has 0 aliphatic rings. The van der Waals surface area contributed by atoms with Gasteiger partial charge in [-0.1, -0.05) is 25.4 Å². The molecular weight excluding hydrogens is 294 g/mol. The molecule has 0 radical (unpaired) electrons. The highest BCUT2D eigenvalue weighted by atomic mass is 35.5. The molecule has 0 spiro atoms. The molecule has 0 amide bonds. The summed E-state index contributed by atoms with van der Waals surface area (Å²) in [6.07, 6.45) is 1.98. The van der Waals surface area contributed by atoms with E-state index in [1.165, 1.54) is 0 Å². The van der Waals surface area contributed by atoms with Gasteiger partial charge in [0.15, 0.2) is 5.15 Å². The van der Waals surface area contributed by atoms with Gasteiger partial charge in [0.25, 0.3) is 0 Å². The fraction of sp³-hybridized carbons (Fsp3) is 0.500. The molecule has 1 aromatic carbocycles. The molecule has 1 atom stereocenters. The summed E-state index contributed by atoms with van der Waals surface area (Å²) in [4.78, 5) is 0.786. The molecule has 0 aliphatic heterocycles. The lowest BCUT2D eigenvalue weighted by Crippen LogP contribution is -2.27. The van der Waals surface area contributed by atoms with Gasteiger partial charge in [-0.25, -0.2) is 8.51 Å². The minimum atomic E-state index is -1.14. The summed E-state index contributed by atoms with van der Waals surface area (Å²) in [7, 11) is 0.714. The lowest BCUT2D eigenvalue weighted by atomic mass is 10.2. The van der Waals surface area contributed by atoms with Gasteiger partial charge in [0.05, 0.1) is 10.4 Å². The van der Waals surface area contributed by atoms with Gasteiger partial charge in [-0.05, 0) is 31.0 Å². The van der Waals surface area contributed by atoms with Gasteiger partial charge >= 0.3 is 0 Å². The fourth-order valence-corrected chi connectivity index (χ4v) is 3.90. The second kappa shape index (κ2) is 6.70. The van der Waals surface area contributed by atoms with Crippen LogP contribution < -0.4 is 0 Å². The Morgan fingerprint density at radius 2 is 1.95 bits per heavy atom. The van der Waals surface area contributed by atoms with Crippen LogP contribution in [0.4, 0.5) is 0 Å². The first-order chi connectivity index (χ1) is 9.58. The minimum absolute atomic E-state index is 0.457. The Hall–Kier alpha value is -0.910. The Morgan fingerprint density at radius 1 is 1.30 bits per heavy atom. The van der Waals surface area contributed by atoms with E-state index in [1.54, 1.807) is 4.68 Å². The molecule has 0 bridgehead atoms. The quantitative estimate of drug-likeness (QED) is 0.820. The second-order valence-corrected chi connectivity index (χ2v) is 6.62. The summed E-state index contributed by atoms with van der Waals surface area (Å²) in [5.41, 5.74) is 0.952. The smallest absolute Gasteiger partial charge is 0.158 e. The Labute approximate surface area is 127 Å². The van der Waals surface area contributed by atoms with E-state index in [2.05, 4.69) is 18.9 Å². The molecule has 20 heavy (non-hydrogen) atoms. The highest BCUT2D eigenvalue weighted by Crippen LogP contribution is 2.25. The number of aromatic nitrogens is 2. The van der Waals surface area contributed by atoms with Gasteiger partial charge in [-0.15, -0.1) is 0 Å². The number of aryl methyl sites for hydroxylation is 1. The number of benzene rings is 1. The fourth-order valence-electron chi connectivity index (χ4n) is 2.24. The molecule has 0 N–H and O–H groups in total. The Balaban J connectivity index is 2.36. The largest absolute Gasteiger partial charge is 0.266 e. The van der Waals surface area contributed by atoms with Crippen molar-refractivity contribution in [2.24, 2.45) is 7.05 Å². The average molecular weight is 314 g/mol. The van der Waals surface area contributed by atoms with E-state index in [4.69, 9.17) is 11.6 Å². The molecule has 4 nitrogen and oxygen atoms in total. The Morgan fingerprint density at radius 3 is 2.55 bits per heavy atom. The lowest BCUT2D eigenvalue weighted by Gasteiger charge is -2.19. The maximum atomic E-state index is 12.7. The summed E-state index contributed by atoms with van der Waals surface area (Å²) in [6.45, 7) is 5.86. The third kappa shape index (κ3) is 3.05. The minimum Gasteiger partial charge on any atom is -0.266 e. The third-order valence-corrected chi connectivity index (χ3v) is 4.93. The predicted molar refractivity (Wildman–Crippen MR) is 84.3 cm³/mol. The van der Waals surface area contributed by atoms with E-state index in [1.807, 2.05) is 29.6 Å². The first-order valence-electron chi connectivity index (χ1n) is 6.87. The van der Waals surface area contributed by atoms with Crippen molar-refractivity contribution in [1.82, 2.24) is 14.1 Å². The molecule has 2 rings (SSSR count). The number of halogens is 1. The van der Waals surface area contributed by atoms with Crippen molar-refractivity contribution in [2.75, 3.05) is 13.1 Å². The number of fused-ring (bicyclic) bond motifs is 1. The van der Waals surface area contributed by atoms with Crippen molar-refractivity contribution in [3.63, 3.8) is 0 Å².